The average molecular weight is 402 g/mol. The number of carbonyl (C=O) groups is 1. The maximum Gasteiger partial charge on any atom is 0.410 e. The number of anilines is 1. The van der Waals surface area contributed by atoms with Crippen LogP contribution < -0.4 is 10.2 Å². The molecule has 1 amide bonds. The molecule has 0 radical (unpaired) electrons. The standard InChI is InChI=1S/C22H31N3O2S/c1-22(2,3)27-21(26)25(13-10-19-8-6-16-28-19)17-18-7-4-5-9-20(18)24-14-11-23-12-15-24/h4-9,16,23H,10-15,17H2,1-3H3. The summed E-state index contributed by atoms with van der Waals surface area (Å²) in [5.41, 5.74) is 1.88. The average Bonchev–Trinajstić information content (AvgIpc) is 3.18. The minimum absolute atomic E-state index is 0.251. The highest BCUT2D eigenvalue weighted by molar-refractivity contribution is 7.09. The molecule has 0 saturated carbocycles. The Labute approximate surface area is 172 Å². The van der Waals surface area contributed by atoms with Gasteiger partial charge in [0.1, 0.15) is 5.60 Å². The Morgan fingerprint density at radius 3 is 2.61 bits per heavy atom. The fourth-order valence-electron chi connectivity index (χ4n) is 3.33. The predicted octanol–water partition coefficient (Wildman–Crippen LogP) is 4.14. The van der Waals surface area contributed by atoms with Crippen molar-refractivity contribution in [1.82, 2.24) is 10.2 Å². The molecule has 0 atom stereocenters. The van der Waals surface area contributed by atoms with Crippen LogP contribution in [0.1, 0.15) is 31.2 Å². The Balaban J connectivity index is 1.77. The lowest BCUT2D eigenvalue weighted by molar-refractivity contribution is 0.0236. The Bertz CT molecular complexity index is 749. The number of rotatable bonds is 6. The van der Waals surface area contributed by atoms with E-state index in [2.05, 4.69) is 45.9 Å². The highest BCUT2D eigenvalue weighted by Gasteiger charge is 2.24. The van der Waals surface area contributed by atoms with E-state index in [-0.39, 0.29) is 6.09 Å². The monoisotopic (exact) mass is 401 g/mol. The summed E-state index contributed by atoms with van der Waals surface area (Å²) in [5.74, 6) is 0. The minimum Gasteiger partial charge on any atom is -0.444 e. The van der Waals surface area contributed by atoms with Crippen LogP contribution in [0.5, 0.6) is 0 Å². The van der Waals surface area contributed by atoms with E-state index in [1.807, 2.05) is 31.7 Å². The predicted molar refractivity (Wildman–Crippen MR) is 116 cm³/mol. The fourth-order valence-corrected chi connectivity index (χ4v) is 4.02. The van der Waals surface area contributed by atoms with Gasteiger partial charge >= 0.3 is 6.09 Å². The molecule has 1 aromatic heterocycles. The van der Waals surface area contributed by atoms with Crippen molar-refractivity contribution in [2.45, 2.75) is 39.3 Å². The second-order valence-electron chi connectivity index (χ2n) is 8.10. The number of nitrogens with one attached hydrogen (secondary N) is 1. The molecule has 0 aliphatic carbocycles. The third kappa shape index (κ3) is 5.97. The number of carbonyl (C=O) groups excluding carboxylic acids is 1. The van der Waals surface area contributed by atoms with Crippen LogP contribution in [-0.4, -0.2) is 49.3 Å². The third-order valence-corrected chi connectivity index (χ3v) is 5.61. The lowest BCUT2D eigenvalue weighted by atomic mass is 10.1. The van der Waals surface area contributed by atoms with E-state index in [1.54, 1.807) is 11.3 Å². The molecule has 0 spiro atoms. The van der Waals surface area contributed by atoms with Gasteiger partial charge in [-0.3, -0.25) is 0 Å². The van der Waals surface area contributed by atoms with Crippen LogP contribution in [0.3, 0.4) is 0 Å². The Morgan fingerprint density at radius 1 is 1.18 bits per heavy atom. The minimum atomic E-state index is -0.504. The molecule has 0 unspecified atom stereocenters. The highest BCUT2D eigenvalue weighted by Crippen LogP contribution is 2.24. The van der Waals surface area contributed by atoms with Crippen LogP contribution in [0.4, 0.5) is 10.5 Å². The molecule has 1 aliphatic rings. The van der Waals surface area contributed by atoms with Crippen LogP contribution in [0.15, 0.2) is 41.8 Å². The maximum absolute atomic E-state index is 12.9. The molecule has 5 nitrogen and oxygen atoms in total. The number of thiophene rings is 1. The highest BCUT2D eigenvalue weighted by atomic mass is 32.1. The van der Waals surface area contributed by atoms with Crippen LogP contribution in [0.2, 0.25) is 0 Å². The van der Waals surface area contributed by atoms with E-state index < -0.39 is 5.60 Å². The van der Waals surface area contributed by atoms with E-state index in [0.29, 0.717) is 13.1 Å². The normalized spacial score (nSPS) is 14.8. The van der Waals surface area contributed by atoms with E-state index in [4.69, 9.17) is 4.74 Å². The van der Waals surface area contributed by atoms with Crippen LogP contribution in [-0.2, 0) is 17.7 Å². The topological polar surface area (TPSA) is 44.8 Å². The molecule has 3 rings (SSSR count). The number of para-hydroxylation sites is 1. The largest absolute Gasteiger partial charge is 0.444 e. The number of benzene rings is 1. The zero-order valence-corrected chi connectivity index (χ0v) is 17.9. The Hall–Kier alpha value is -2.05. The summed E-state index contributed by atoms with van der Waals surface area (Å²) < 4.78 is 5.69. The van der Waals surface area contributed by atoms with Crippen molar-refractivity contribution in [2.75, 3.05) is 37.6 Å². The van der Waals surface area contributed by atoms with Crippen LogP contribution in [0.25, 0.3) is 0 Å². The summed E-state index contributed by atoms with van der Waals surface area (Å²) in [7, 11) is 0. The first-order valence-electron chi connectivity index (χ1n) is 9.96. The lowest BCUT2D eigenvalue weighted by Gasteiger charge is -2.33. The number of nitrogens with zero attached hydrogens (tertiary/aromatic N) is 2. The zero-order valence-electron chi connectivity index (χ0n) is 17.1. The van der Waals surface area contributed by atoms with Crippen molar-refractivity contribution in [3.05, 3.63) is 52.2 Å². The van der Waals surface area contributed by atoms with Gasteiger partial charge in [-0.25, -0.2) is 4.79 Å². The van der Waals surface area contributed by atoms with Gasteiger partial charge in [-0.1, -0.05) is 24.3 Å². The fraction of sp³-hybridized carbons (Fsp3) is 0.500. The van der Waals surface area contributed by atoms with E-state index >= 15 is 0 Å². The van der Waals surface area contributed by atoms with Crippen molar-refractivity contribution >= 4 is 23.1 Å². The van der Waals surface area contributed by atoms with Crippen molar-refractivity contribution < 1.29 is 9.53 Å². The first kappa shape index (κ1) is 20.7. The second kappa shape index (κ2) is 9.43. The van der Waals surface area contributed by atoms with E-state index in [1.165, 1.54) is 16.1 Å². The van der Waals surface area contributed by atoms with Crippen molar-refractivity contribution in [1.29, 1.82) is 0 Å². The van der Waals surface area contributed by atoms with Gasteiger partial charge in [0.15, 0.2) is 0 Å². The van der Waals surface area contributed by atoms with Gasteiger partial charge < -0.3 is 19.9 Å². The summed E-state index contributed by atoms with van der Waals surface area (Å²) in [6, 6.07) is 12.6. The van der Waals surface area contributed by atoms with Crippen LogP contribution in [0, 0.1) is 0 Å². The van der Waals surface area contributed by atoms with E-state index in [0.717, 1.165) is 32.6 Å². The first-order chi connectivity index (χ1) is 13.4. The number of ether oxygens (including phenoxy) is 1. The summed E-state index contributed by atoms with van der Waals surface area (Å²) in [5, 5.41) is 5.48. The summed E-state index contributed by atoms with van der Waals surface area (Å²) >= 11 is 1.73. The molecule has 28 heavy (non-hydrogen) atoms. The second-order valence-corrected chi connectivity index (χ2v) is 9.13. The molecule has 2 aromatic rings. The number of hydrogen-bond acceptors (Lipinski definition) is 5. The Morgan fingerprint density at radius 2 is 1.93 bits per heavy atom. The molecule has 1 aliphatic heterocycles. The summed E-state index contributed by atoms with van der Waals surface area (Å²) in [6.45, 7) is 10.9. The maximum atomic E-state index is 12.9. The molecular formula is C22H31N3O2S. The molecule has 1 saturated heterocycles. The number of piperazine rings is 1. The molecule has 152 valence electrons. The van der Waals surface area contributed by atoms with Gasteiger partial charge in [-0.15, -0.1) is 11.3 Å². The molecule has 1 aromatic carbocycles. The molecular weight excluding hydrogens is 370 g/mol. The van der Waals surface area contributed by atoms with Crippen LogP contribution >= 0.6 is 11.3 Å². The third-order valence-electron chi connectivity index (χ3n) is 4.67. The molecule has 0 bridgehead atoms. The summed E-state index contributed by atoms with van der Waals surface area (Å²) in [6.07, 6.45) is 0.589. The zero-order chi connectivity index (χ0) is 20.0. The van der Waals surface area contributed by atoms with Crippen molar-refractivity contribution in [3.8, 4) is 0 Å². The number of amides is 1. The van der Waals surface area contributed by atoms with Gasteiger partial charge in [0, 0.05) is 43.3 Å². The van der Waals surface area contributed by atoms with E-state index in [9.17, 15) is 4.79 Å². The van der Waals surface area contributed by atoms with Crippen molar-refractivity contribution in [3.63, 3.8) is 0 Å². The van der Waals surface area contributed by atoms with Gasteiger partial charge in [0.25, 0.3) is 0 Å². The smallest absolute Gasteiger partial charge is 0.410 e. The van der Waals surface area contributed by atoms with Gasteiger partial charge in [-0.05, 0) is 50.3 Å². The lowest BCUT2D eigenvalue weighted by Crippen LogP contribution is -2.44. The summed E-state index contributed by atoms with van der Waals surface area (Å²) in [4.78, 5) is 18.4. The van der Waals surface area contributed by atoms with Gasteiger partial charge in [0.2, 0.25) is 0 Å². The SMILES string of the molecule is CC(C)(C)OC(=O)N(CCc1cccs1)Cc1ccccc1N1CCNCC1. The molecule has 1 N–H and O–H groups in total. The first-order valence-corrected chi connectivity index (χ1v) is 10.8. The quantitative estimate of drug-likeness (QED) is 0.790. The number of hydrogen-bond donors (Lipinski definition) is 1. The molecule has 1 fully saturated rings. The van der Waals surface area contributed by atoms with Gasteiger partial charge in [-0.2, -0.15) is 0 Å². The molecule has 2 heterocycles. The Kier molecular flexibility index (Phi) is 6.97. The van der Waals surface area contributed by atoms with Crippen molar-refractivity contribution in [2.24, 2.45) is 0 Å². The van der Waals surface area contributed by atoms with Gasteiger partial charge in [0.05, 0.1) is 6.54 Å². The molecule has 6 heteroatoms.